The van der Waals surface area contributed by atoms with Crippen LogP contribution in [0.2, 0.25) is 0 Å². The fourth-order valence-electron chi connectivity index (χ4n) is 12.7. The van der Waals surface area contributed by atoms with E-state index in [2.05, 4.69) is 50.8 Å². The maximum Gasteiger partial charge on any atom is 0.351 e. The number of fused-ring (bicyclic) bond motifs is 1. The summed E-state index contributed by atoms with van der Waals surface area (Å²) in [5.74, 6) is -0.611. The molecule has 110 heavy (non-hydrogen) atoms. The van der Waals surface area contributed by atoms with Crippen LogP contribution in [-0.2, 0) is 126 Å². The lowest BCUT2D eigenvalue weighted by molar-refractivity contribution is -0.0626. The van der Waals surface area contributed by atoms with Gasteiger partial charge >= 0.3 is 49.6 Å². The van der Waals surface area contributed by atoms with Crippen molar-refractivity contribution < 1.29 is 98.4 Å². The topological polar surface area (TPSA) is 585 Å². The van der Waals surface area contributed by atoms with Crippen molar-refractivity contribution in [1.29, 1.82) is 0 Å². The van der Waals surface area contributed by atoms with E-state index in [0.29, 0.717) is 19.6 Å². The van der Waals surface area contributed by atoms with Crippen LogP contribution in [0.3, 0.4) is 0 Å². The number of hydrogen-bond donors (Lipinski definition) is 11. The standard InChI is InChI=1S/C57H81BrN16O28P4S4/c1-27(2)29-15-41(70-8-5-39(60)64-54(70)79)94-35(29)22-93-106(110,89-14-13-88-12-11-87-10-7-59)101-33-18-43(72-19-28(3)49(76)68-56(72)81)96-38(33)25-91-104(84,108)100-32-17-44(74-26-63-45-48(74)66-53(62)67-51(45)78)97-37(32)23-90-103(83,107)99-31-16-42(71-9-6-40(61)65-55(71)80)95-36(31)24-92-105(85,109)102-46-34(21-75)98-52(47(46)86-4)73-20-30(58)50(77)69-57(73)82/h5-6,8-9,19-20,26-27,29,31-38,41-44,46-47,52,75H,7,10-18,21-25,59H2,1-4H3,(H,83,107)(H,84,108)(H,85,109)(H2,60,64,79)(H2,61,65,80)(H,68,76,81)(H,69,77,82)(H3,62,66,67,78)/t29?,31?,32?,33?,34-,35-,36-,37-,38-,41-,42-,43-,44-,46?,47+,52-,103?,104?,105?,106?/m1/s1. The molecule has 0 amide bonds. The zero-order chi connectivity index (χ0) is 79.3. The molecule has 11 rings (SSSR count). The number of aliphatic hydroxyl groups is 1. The number of H-pyrrole nitrogens is 3. The molecule has 5 aliphatic heterocycles. The highest BCUT2D eigenvalue weighted by molar-refractivity contribution is 9.10. The number of rotatable bonds is 37. The van der Waals surface area contributed by atoms with Crippen molar-refractivity contribution in [3.05, 3.63) is 126 Å². The van der Waals surface area contributed by atoms with Crippen LogP contribution in [0.25, 0.3) is 11.2 Å². The molecule has 53 heteroatoms. The van der Waals surface area contributed by atoms with E-state index in [4.69, 9.17) is 149 Å². The van der Waals surface area contributed by atoms with E-state index in [-0.39, 0.29) is 103 Å². The lowest BCUT2D eigenvalue weighted by atomic mass is 9.89. The highest BCUT2D eigenvalue weighted by Crippen LogP contribution is 2.57. The van der Waals surface area contributed by atoms with Crippen molar-refractivity contribution in [1.82, 2.24) is 57.7 Å². The van der Waals surface area contributed by atoms with E-state index in [1.807, 2.05) is 13.8 Å². The number of aryl methyl sites for hydroxylation is 1. The van der Waals surface area contributed by atoms with Crippen molar-refractivity contribution in [3.63, 3.8) is 0 Å². The van der Waals surface area contributed by atoms with Crippen molar-refractivity contribution >= 4 is 119 Å². The number of aromatic nitrogens is 12. The summed E-state index contributed by atoms with van der Waals surface area (Å²) < 4.78 is 110. The number of anilines is 3. The van der Waals surface area contributed by atoms with Crippen LogP contribution in [0.15, 0.2) is 81.3 Å². The number of imidazole rings is 1. The third kappa shape index (κ3) is 21.2. The molecular weight excluding hydrogens is 1690 g/mol. The first kappa shape index (κ1) is 85.9. The number of ether oxygens (including phenoxy) is 8. The highest BCUT2D eigenvalue weighted by Gasteiger charge is 2.52. The Morgan fingerprint density at radius 3 is 1.64 bits per heavy atom. The SMILES string of the molecule is CO[C@H]1C(OP(O)(=S)OC[C@H]2O[C@@H](n3ccc(N)nc3=O)CC2OP(O)(=S)OC[C@H]2O[C@@H](n3cnc4c(=O)[nH]c(N)nc43)CC2OP(O)(=S)OC[C@H]2O[C@@H](n3cc(C)c(=O)[nH]c3=O)CC2OP(=S)(OCCOCCOCCN)OC[C@H]2O[C@@H](n3ccc(N)nc3=O)CC2C(C)C)[C@@H](CO)O[C@H]1n1cc(Br)c(=O)[nH]c1=O. The van der Waals surface area contributed by atoms with Gasteiger partial charge in [0.05, 0.1) is 101 Å². The van der Waals surface area contributed by atoms with E-state index in [0.717, 1.165) is 19.9 Å². The summed E-state index contributed by atoms with van der Waals surface area (Å²) in [6.07, 6.45) is -12.6. The Labute approximate surface area is 650 Å². The third-order valence-electron chi connectivity index (χ3n) is 17.9. The van der Waals surface area contributed by atoms with Crippen LogP contribution in [0, 0.1) is 18.8 Å². The molecule has 608 valence electrons. The Hall–Kier alpha value is -4.93. The summed E-state index contributed by atoms with van der Waals surface area (Å²) in [5, 5.41) is 10.4. The van der Waals surface area contributed by atoms with Gasteiger partial charge in [-0.15, -0.1) is 0 Å². The maximum atomic E-state index is 13.5. The third-order valence-corrected chi connectivity index (χ3v) is 25.6. The molecule has 0 bridgehead atoms. The molecule has 6 aromatic heterocycles. The number of nitrogen functional groups attached to an aromatic ring is 3. The fourth-order valence-corrected chi connectivity index (χ4v) is 19.5. The quantitative estimate of drug-likeness (QED) is 0.0171. The normalized spacial score (nSPS) is 28.6. The molecule has 15 N–H and O–H groups in total. The second kappa shape index (κ2) is 36.9. The average Bonchev–Trinajstić information content (AvgIpc) is 1.63. The minimum absolute atomic E-state index is 0.0122. The Morgan fingerprint density at radius 1 is 0.582 bits per heavy atom. The monoisotopic (exact) mass is 1770 g/mol. The lowest BCUT2D eigenvalue weighted by Crippen LogP contribution is -2.40. The summed E-state index contributed by atoms with van der Waals surface area (Å²) in [7, 11) is 1.22. The average molecular weight is 1770 g/mol. The lowest BCUT2D eigenvalue weighted by Gasteiger charge is -2.30. The van der Waals surface area contributed by atoms with Crippen molar-refractivity contribution in [2.24, 2.45) is 17.6 Å². The molecule has 9 unspecified atom stereocenters. The molecule has 20 atom stereocenters. The minimum Gasteiger partial charge on any atom is -0.394 e. The zero-order valence-corrected chi connectivity index (χ0v) is 67.1. The summed E-state index contributed by atoms with van der Waals surface area (Å²) in [5.41, 5.74) is 17.7. The summed E-state index contributed by atoms with van der Waals surface area (Å²) in [4.78, 5) is 149. The molecule has 0 spiro atoms. The van der Waals surface area contributed by atoms with Crippen LogP contribution < -0.4 is 62.4 Å². The molecular formula is C57H81BrN16O28P4S4. The largest absolute Gasteiger partial charge is 0.394 e. The van der Waals surface area contributed by atoms with Gasteiger partial charge in [0.25, 0.3) is 16.7 Å². The molecule has 6 aromatic rings. The minimum atomic E-state index is -4.62. The first-order valence-electron chi connectivity index (χ1n) is 33.7. The fraction of sp³-hybridized carbons (Fsp3) is 0.632. The van der Waals surface area contributed by atoms with Gasteiger partial charge in [0.2, 0.25) is 5.95 Å². The first-order chi connectivity index (χ1) is 52.1. The molecule has 5 fully saturated rings. The first-order valence-corrected chi connectivity index (χ1v) is 44.8. The van der Waals surface area contributed by atoms with E-state index in [1.54, 1.807) is 0 Å². The Kier molecular flexibility index (Phi) is 28.8. The molecule has 0 saturated carbocycles. The number of hydrogen-bond acceptors (Lipinski definition) is 37. The summed E-state index contributed by atoms with van der Waals surface area (Å²) in [6, 6.07) is 2.77. The van der Waals surface area contributed by atoms with Gasteiger partial charge in [-0.05, 0) is 100 Å². The van der Waals surface area contributed by atoms with Crippen molar-refractivity contribution in [3.8, 4) is 0 Å². The van der Waals surface area contributed by atoms with E-state index in [9.17, 15) is 53.3 Å². The number of nitrogens with zero attached hydrogens (tertiary/aromatic N) is 9. The predicted molar refractivity (Wildman–Crippen MR) is 401 cm³/mol. The van der Waals surface area contributed by atoms with E-state index >= 15 is 0 Å². The van der Waals surface area contributed by atoms with Crippen LogP contribution in [0.5, 0.6) is 0 Å². The Bertz CT molecular complexity index is 4910. The van der Waals surface area contributed by atoms with Crippen molar-refractivity contribution in [2.75, 3.05) is 96.9 Å². The molecule has 11 heterocycles. The Balaban J connectivity index is 0.821. The van der Waals surface area contributed by atoms with Gasteiger partial charge in [-0.1, -0.05) is 13.8 Å². The number of halogens is 1. The van der Waals surface area contributed by atoms with Gasteiger partial charge < -0.3 is 117 Å². The van der Waals surface area contributed by atoms with Gasteiger partial charge in [0, 0.05) is 63.3 Å². The van der Waals surface area contributed by atoms with Gasteiger partial charge in [0.15, 0.2) is 17.4 Å². The zero-order valence-electron chi connectivity index (χ0n) is 58.7. The predicted octanol–water partition coefficient (Wildman–Crippen LogP) is -0.631. The van der Waals surface area contributed by atoms with Crippen LogP contribution in [-0.4, -0.2) is 218 Å². The number of methoxy groups -OCH3 is 1. The molecule has 0 aliphatic carbocycles. The van der Waals surface area contributed by atoms with E-state index in [1.165, 1.54) is 60.2 Å². The smallest absolute Gasteiger partial charge is 0.351 e. The molecule has 0 aromatic carbocycles. The molecule has 0 radical (unpaired) electrons. The van der Waals surface area contributed by atoms with Crippen molar-refractivity contribution in [2.45, 2.75) is 139 Å². The number of nitrogens with one attached hydrogen (secondary N) is 3. The van der Waals surface area contributed by atoms with Crippen LogP contribution in [0.1, 0.15) is 76.2 Å². The summed E-state index contributed by atoms with van der Waals surface area (Å²) >= 11 is 26.0. The molecule has 44 nitrogen and oxygen atoms in total. The maximum absolute atomic E-state index is 13.5. The van der Waals surface area contributed by atoms with Gasteiger partial charge in [0.1, 0.15) is 73.2 Å². The van der Waals surface area contributed by atoms with Gasteiger partial charge in [-0.3, -0.25) is 56.7 Å². The highest BCUT2D eigenvalue weighted by atomic mass is 79.9. The number of nitrogens with two attached hydrogens (primary N) is 4. The van der Waals surface area contributed by atoms with Crippen LogP contribution >= 0.6 is 42.8 Å². The van der Waals surface area contributed by atoms with Crippen LogP contribution in [0.4, 0.5) is 17.6 Å². The van der Waals surface area contributed by atoms with E-state index < -0.39 is 185 Å². The second-order valence-electron chi connectivity index (χ2n) is 25.7. The van der Waals surface area contributed by atoms with Gasteiger partial charge in [-0.25, -0.2) is 24.2 Å². The second-order valence-corrected chi connectivity index (χ2v) is 37.9. The van der Waals surface area contributed by atoms with Gasteiger partial charge in [-0.2, -0.15) is 15.0 Å². The number of aliphatic hydroxyl groups excluding tert-OH is 1. The molecule has 5 saturated heterocycles. The Morgan fingerprint density at radius 2 is 1.08 bits per heavy atom. The number of aromatic amines is 3. The summed E-state index contributed by atoms with van der Waals surface area (Å²) in [6.45, 7) is -14.7. The molecule has 5 aliphatic rings.